The van der Waals surface area contributed by atoms with Crippen LogP contribution in [0.4, 0.5) is 5.69 Å². The standard InChI is InChI=1S/C30H32N4O3/c1-2-9-28(35)32-25-16-14-23(15-17-25)29(36)33-26(20-22-10-4-3-5-11-22)30(37)34-19-7-6-13-27(34)24-12-8-18-31-21-24/h3-8,10-12,14-18,21,26-27H,2,9,13,19-20H2,1H3,(H,32,35)(H,33,36)/t26-,27?/m0/s1. The van der Waals surface area contributed by atoms with Gasteiger partial charge in [0, 0.05) is 43.0 Å². The molecule has 190 valence electrons. The molecule has 0 radical (unpaired) electrons. The highest BCUT2D eigenvalue weighted by Crippen LogP contribution is 2.28. The first kappa shape index (κ1) is 25.8. The fourth-order valence-electron chi connectivity index (χ4n) is 4.45. The van der Waals surface area contributed by atoms with E-state index in [4.69, 9.17) is 0 Å². The number of rotatable bonds is 9. The smallest absolute Gasteiger partial charge is 0.251 e. The van der Waals surface area contributed by atoms with Crippen LogP contribution in [0.1, 0.15) is 53.7 Å². The third-order valence-corrected chi connectivity index (χ3v) is 6.35. The monoisotopic (exact) mass is 496 g/mol. The van der Waals surface area contributed by atoms with Gasteiger partial charge in [-0.25, -0.2) is 0 Å². The third-order valence-electron chi connectivity index (χ3n) is 6.35. The highest BCUT2D eigenvalue weighted by atomic mass is 16.2. The van der Waals surface area contributed by atoms with Crippen LogP contribution >= 0.6 is 0 Å². The van der Waals surface area contributed by atoms with E-state index >= 15 is 0 Å². The minimum Gasteiger partial charge on any atom is -0.340 e. The molecule has 0 spiro atoms. The van der Waals surface area contributed by atoms with Gasteiger partial charge < -0.3 is 15.5 Å². The first-order valence-electron chi connectivity index (χ1n) is 12.6. The Hall–Kier alpha value is -4.26. The van der Waals surface area contributed by atoms with Crippen molar-refractivity contribution in [2.45, 2.75) is 44.7 Å². The maximum absolute atomic E-state index is 13.9. The Morgan fingerprint density at radius 3 is 2.49 bits per heavy atom. The minimum absolute atomic E-state index is 0.0630. The number of pyridine rings is 1. The maximum Gasteiger partial charge on any atom is 0.251 e. The average Bonchev–Trinajstić information content (AvgIpc) is 2.94. The summed E-state index contributed by atoms with van der Waals surface area (Å²) in [6.07, 6.45) is 9.83. The van der Waals surface area contributed by atoms with Gasteiger partial charge in [-0.2, -0.15) is 0 Å². The number of amides is 3. The molecule has 37 heavy (non-hydrogen) atoms. The fraction of sp³-hybridized carbons (Fsp3) is 0.267. The predicted molar refractivity (Wildman–Crippen MR) is 144 cm³/mol. The number of carbonyl (C=O) groups excluding carboxylic acids is 3. The molecule has 7 nitrogen and oxygen atoms in total. The quantitative estimate of drug-likeness (QED) is 0.421. The van der Waals surface area contributed by atoms with E-state index in [1.807, 2.05) is 60.4 Å². The first-order valence-corrected chi connectivity index (χ1v) is 12.6. The number of carbonyl (C=O) groups is 3. The van der Waals surface area contributed by atoms with Gasteiger partial charge in [-0.1, -0.05) is 55.5 Å². The largest absolute Gasteiger partial charge is 0.340 e. The number of hydrogen-bond donors (Lipinski definition) is 2. The van der Waals surface area contributed by atoms with Crippen LogP contribution in [0.25, 0.3) is 0 Å². The molecule has 0 aliphatic carbocycles. The molecule has 0 saturated carbocycles. The van der Waals surface area contributed by atoms with Crippen LogP contribution in [0.15, 0.2) is 91.3 Å². The summed E-state index contributed by atoms with van der Waals surface area (Å²) >= 11 is 0. The molecule has 4 rings (SSSR count). The highest BCUT2D eigenvalue weighted by Gasteiger charge is 2.32. The molecule has 0 fully saturated rings. The summed E-state index contributed by atoms with van der Waals surface area (Å²) in [5.41, 5.74) is 2.97. The molecular formula is C30H32N4O3. The van der Waals surface area contributed by atoms with Crippen molar-refractivity contribution < 1.29 is 14.4 Å². The van der Waals surface area contributed by atoms with E-state index in [0.29, 0.717) is 37.1 Å². The second-order valence-electron chi connectivity index (χ2n) is 9.09. The van der Waals surface area contributed by atoms with Crippen molar-refractivity contribution in [3.05, 3.63) is 108 Å². The Bertz CT molecular complexity index is 1230. The first-order chi connectivity index (χ1) is 18.0. The second-order valence-corrected chi connectivity index (χ2v) is 9.09. The lowest BCUT2D eigenvalue weighted by Gasteiger charge is -2.36. The van der Waals surface area contributed by atoms with Gasteiger partial charge in [0.05, 0.1) is 6.04 Å². The molecule has 1 aromatic heterocycles. The van der Waals surface area contributed by atoms with Crippen LogP contribution in [0, 0.1) is 0 Å². The van der Waals surface area contributed by atoms with E-state index in [1.165, 1.54) is 0 Å². The van der Waals surface area contributed by atoms with Crippen molar-refractivity contribution in [2.75, 3.05) is 11.9 Å². The van der Waals surface area contributed by atoms with E-state index in [-0.39, 0.29) is 23.8 Å². The summed E-state index contributed by atoms with van der Waals surface area (Å²) in [7, 11) is 0. The summed E-state index contributed by atoms with van der Waals surface area (Å²) in [6, 6.07) is 19.3. The minimum atomic E-state index is -0.746. The molecule has 1 aliphatic rings. The van der Waals surface area contributed by atoms with Crippen LogP contribution in [0.2, 0.25) is 0 Å². The summed E-state index contributed by atoms with van der Waals surface area (Å²) in [5.74, 6) is -0.544. The number of benzene rings is 2. The number of nitrogens with zero attached hydrogens (tertiary/aromatic N) is 2. The van der Waals surface area contributed by atoms with Crippen molar-refractivity contribution in [1.82, 2.24) is 15.2 Å². The van der Waals surface area contributed by atoms with Crippen molar-refractivity contribution in [1.29, 1.82) is 0 Å². The van der Waals surface area contributed by atoms with Crippen LogP contribution in [0.5, 0.6) is 0 Å². The number of hydrogen-bond acceptors (Lipinski definition) is 4. The van der Waals surface area contributed by atoms with Gasteiger partial charge in [0.2, 0.25) is 11.8 Å². The van der Waals surface area contributed by atoms with Gasteiger partial charge in [0.15, 0.2) is 0 Å². The third kappa shape index (κ3) is 6.91. The Kier molecular flexibility index (Phi) is 8.81. The molecule has 2 heterocycles. The lowest BCUT2D eigenvalue weighted by Crippen LogP contribution is -2.51. The van der Waals surface area contributed by atoms with Crippen molar-refractivity contribution in [3.63, 3.8) is 0 Å². The summed E-state index contributed by atoms with van der Waals surface area (Å²) < 4.78 is 0. The second kappa shape index (κ2) is 12.6. The van der Waals surface area contributed by atoms with Gasteiger partial charge in [-0.05, 0) is 54.3 Å². The molecule has 2 N–H and O–H groups in total. The predicted octanol–water partition coefficient (Wildman–Crippen LogP) is 4.69. The van der Waals surface area contributed by atoms with Crippen molar-refractivity contribution >= 4 is 23.4 Å². The zero-order chi connectivity index (χ0) is 26.0. The normalized spacial score (nSPS) is 15.6. The molecule has 3 amide bonds. The van der Waals surface area contributed by atoms with Gasteiger partial charge in [-0.3, -0.25) is 19.4 Å². The van der Waals surface area contributed by atoms with E-state index in [1.54, 1.807) is 36.7 Å². The Labute approximate surface area is 217 Å². The summed E-state index contributed by atoms with van der Waals surface area (Å²) in [5, 5.41) is 5.80. The van der Waals surface area contributed by atoms with E-state index < -0.39 is 6.04 Å². The molecule has 2 aromatic carbocycles. The van der Waals surface area contributed by atoms with Gasteiger partial charge in [-0.15, -0.1) is 0 Å². The van der Waals surface area contributed by atoms with Crippen LogP contribution in [-0.2, 0) is 16.0 Å². The van der Waals surface area contributed by atoms with Gasteiger partial charge >= 0.3 is 0 Å². The molecule has 2 atom stereocenters. The zero-order valence-corrected chi connectivity index (χ0v) is 21.0. The maximum atomic E-state index is 13.9. The lowest BCUT2D eigenvalue weighted by atomic mass is 9.97. The van der Waals surface area contributed by atoms with E-state index in [2.05, 4.69) is 21.7 Å². The molecular weight excluding hydrogens is 464 g/mol. The van der Waals surface area contributed by atoms with Gasteiger partial charge in [0.1, 0.15) is 6.04 Å². The Morgan fingerprint density at radius 2 is 1.78 bits per heavy atom. The Balaban J connectivity index is 1.53. The molecule has 7 heteroatoms. The lowest BCUT2D eigenvalue weighted by molar-refractivity contribution is -0.135. The summed E-state index contributed by atoms with van der Waals surface area (Å²) in [4.78, 5) is 45.0. The number of aromatic nitrogens is 1. The number of anilines is 1. The number of nitrogens with one attached hydrogen (secondary N) is 2. The van der Waals surface area contributed by atoms with Crippen LogP contribution in [0.3, 0.4) is 0 Å². The molecule has 0 saturated heterocycles. The molecule has 3 aromatic rings. The van der Waals surface area contributed by atoms with E-state index in [9.17, 15) is 14.4 Å². The topological polar surface area (TPSA) is 91.4 Å². The van der Waals surface area contributed by atoms with Crippen molar-refractivity contribution in [3.8, 4) is 0 Å². The SMILES string of the molecule is CCCC(=O)Nc1ccc(C(=O)N[C@@H](Cc2ccccc2)C(=O)N2CC=CCC2c2cccnc2)cc1. The summed E-state index contributed by atoms with van der Waals surface area (Å²) in [6.45, 7) is 2.41. The van der Waals surface area contributed by atoms with Crippen LogP contribution < -0.4 is 10.6 Å². The Morgan fingerprint density at radius 1 is 1.00 bits per heavy atom. The molecule has 0 bridgehead atoms. The zero-order valence-electron chi connectivity index (χ0n) is 21.0. The molecule has 1 aliphatic heterocycles. The van der Waals surface area contributed by atoms with Gasteiger partial charge in [0.25, 0.3) is 5.91 Å². The fourth-order valence-corrected chi connectivity index (χ4v) is 4.45. The molecule has 1 unspecified atom stereocenters. The highest BCUT2D eigenvalue weighted by molar-refractivity contribution is 5.98. The average molecular weight is 497 g/mol. The van der Waals surface area contributed by atoms with E-state index in [0.717, 1.165) is 17.5 Å². The van der Waals surface area contributed by atoms with Crippen molar-refractivity contribution in [2.24, 2.45) is 0 Å². The van der Waals surface area contributed by atoms with Crippen LogP contribution in [-0.4, -0.2) is 40.2 Å².